The second kappa shape index (κ2) is 8.16. The zero-order chi connectivity index (χ0) is 17.6. The number of methoxy groups -OCH3 is 1. The molecule has 3 rings (SSSR count). The number of piperidine rings is 1. The Morgan fingerprint density at radius 1 is 1.28 bits per heavy atom. The van der Waals surface area contributed by atoms with Gasteiger partial charge in [-0.1, -0.05) is 0 Å². The Balaban J connectivity index is 1.48. The minimum Gasteiger partial charge on any atom is -0.497 e. The lowest BCUT2D eigenvalue weighted by atomic mass is 9.89. The van der Waals surface area contributed by atoms with Crippen molar-refractivity contribution in [3.05, 3.63) is 54.0 Å². The summed E-state index contributed by atoms with van der Waals surface area (Å²) in [5.41, 5.74) is 0.748. The first-order chi connectivity index (χ1) is 12.2. The molecule has 1 N–H and O–H groups in total. The fourth-order valence-electron chi connectivity index (χ4n) is 3.02. The Morgan fingerprint density at radius 3 is 2.60 bits per heavy atom. The normalized spacial score (nSPS) is 15.0. The molecule has 0 saturated carbocycles. The van der Waals surface area contributed by atoms with Gasteiger partial charge in [-0.15, -0.1) is 0 Å². The number of rotatable bonds is 5. The van der Waals surface area contributed by atoms with Gasteiger partial charge in [0.2, 0.25) is 0 Å². The molecule has 5 nitrogen and oxygen atoms in total. The average Bonchev–Trinajstić information content (AvgIpc) is 3.19. The molecule has 2 aromatic rings. The number of Topliss-reactive ketones (excluding diaryl/α,β-unsaturated/α-hetero) is 1. The largest absolute Gasteiger partial charge is 0.497 e. The van der Waals surface area contributed by atoms with E-state index >= 15 is 0 Å². The van der Waals surface area contributed by atoms with Gasteiger partial charge in [0, 0.05) is 24.6 Å². The smallest absolute Gasteiger partial charge is 0.169 e. The number of thiocarbonyl (C=S) groups is 1. The maximum absolute atomic E-state index is 12.6. The molecule has 6 heteroatoms. The maximum Gasteiger partial charge on any atom is 0.169 e. The van der Waals surface area contributed by atoms with E-state index < -0.39 is 0 Å². The fraction of sp³-hybridized carbons (Fsp3) is 0.368. The molecule has 0 radical (unpaired) electrons. The van der Waals surface area contributed by atoms with E-state index in [4.69, 9.17) is 21.4 Å². The minimum atomic E-state index is 0.0533. The highest BCUT2D eigenvalue weighted by Gasteiger charge is 2.26. The van der Waals surface area contributed by atoms with Crippen molar-refractivity contribution in [2.45, 2.75) is 19.4 Å². The zero-order valence-electron chi connectivity index (χ0n) is 14.2. The number of nitrogens with zero attached hydrogens (tertiary/aromatic N) is 1. The van der Waals surface area contributed by atoms with Gasteiger partial charge in [0.15, 0.2) is 10.9 Å². The molecule has 0 amide bonds. The highest BCUT2D eigenvalue weighted by Crippen LogP contribution is 2.23. The van der Waals surface area contributed by atoms with Crippen LogP contribution in [0.5, 0.6) is 5.75 Å². The summed E-state index contributed by atoms with van der Waals surface area (Å²) < 4.78 is 10.4. The third-order valence-corrected chi connectivity index (χ3v) is 4.92. The maximum atomic E-state index is 12.6. The van der Waals surface area contributed by atoms with Gasteiger partial charge in [0.25, 0.3) is 0 Å². The predicted octanol–water partition coefficient (Wildman–Crippen LogP) is 3.26. The monoisotopic (exact) mass is 358 g/mol. The SMILES string of the molecule is COc1ccc(C(=O)C2CCN(C(=S)NCc3ccco3)CC2)cc1. The predicted molar refractivity (Wildman–Crippen MR) is 99.8 cm³/mol. The lowest BCUT2D eigenvalue weighted by Gasteiger charge is -2.33. The van der Waals surface area contributed by atoms with Crippen LogP contribution in [0.1, 0.15) is 29.0 Å². The number of carbonyl (C=O) groups is 1. The van der Waals surface area contributed by atoms with E-state index in [1.807, 2.05) is 36.4 Å². The summed E-state index contributed by atoms with van der Waals surface area (Å²) in [7, 11) is 1.62. The molecule has 0 atom stereocenters. The molecule has 1 aromatic heterocycles. The van der Waals surface area contributed by atoms with Gasteiger partial charge in [-0.25, -0.2) is 0 Å². The number of ketones is 1. The lowest BCUT2D eigenvalue weighted by Crippen LogP contribution is -2.45. The van der Waals surface area contributed by atoms with Crippen molar-refractivity contribution in [2.75, 3.05) is 20.2 Å². The number of benzene rings is 1. The van der Waals surface area contributed by atoms with Crippen LogP contribution in [0.2, 0.25) is 0 Å². The Kier molecular flexibility index (Phi) is 5.71. The topological polar surface area (TPSA) is 54.7 Å². The Morgan fingerprint density at radius 2 is 2.00 bits per heavy atom. The van der Waals surface area contributed by atoms with Gasteiger partial charge in [0.1, 0.15) is 11.5 Å². The Bertz CT molecular complexity index is 705. The van der Waals surface area contributed by atoms with Crippen molar-refractivity contribution >= 4 is 23.1 Å². The van der Waals surface area contributed by atoms with Gasteiger partial charge < -0.3 is 19.4 Å². The molecule has 2 heterocycles. The molecule has 1 fully saturated rings. The van der Waals surface area contributed by atoms with Crippen molar-refractivity contribution in [1.82, 2.24) is 10.2 Å². The van der Waals surface area contributed by atoms with Crippen LogP contribution < -0.4 is 10.1 Å². The molecule has 1 aliphatic rings. The molecule has 0 bridgehead atoms. The van der Waals surface area contributed by atoms with Gasteiger partial charge in [-0.3, -0.25) is 4.79 Å². The molecule has 0 unspecified atom stereocenters. The third kappa shape index (κ3) is 4.39. The molecule has 1 saturated heterocycles. The summed E-state index contributed by atoms with van der Waals surface area (Å²) in [6.07, 6.45) is 3.28. The number of hydrogen-bond donors (Lipinski definition) is 1. The summed E-state index contributed by atoms with van der Waals surface area (Å²) >= 11 is 5.45. The fourth-order valence-corrected chi connectivity index (χ4v) is 3.28. The second-order valence-electron chi connectivity index (χ2n) is 6.09. The van der Waals surface area contributed by atoms with E-state index in [1.54, 1.807) is 13.4 Å². The van der Waals surface area contributed by atoms with Crippen molar-refractivity contribution < 1.29 is 13.9 Å². The average molecular weight is 358 g/mol. The molecule has 0 aliphatic carbocycles. The second-order valence-corrected chi connectivity index (χ2v) is 6.48. The Labute approximate surface area is 153 Å². The van der Waals surface area contributed by atoms with Crippen LogP contribution in [0.25, 0.3) is 0 Å². The summed E-state index contributed by atoms with van der Waals surface area (Å²) in [5.74, 6) is 1.88. The van der Waals surface area contributed by atoms with Crippen LogP contribution in [-0.4, -0.2) is 36.0 Å². The standard InChI is InChI=1S/C19H22N2O3S/c1-23-16-6-4-14(5-7-16)18(22)15-8-10-21(11-9-15)19(25)20-13-17-3-2-12-24-17/h2-7,12,15H,8-11,13H2,1H3,(H,20,25). The summed E-state index contributed by atoms with van der Waals surface area (Å²) in [6, 6.07) is 11.1. The molecule has 0 spiro atoms. The highest BCUT2D eigenvalue weighted by molar-refractivity contribution is 7.80. The summed E-state index contributed by atoms with van der Waals surface area (Å²) in [6.45, 7) is 2.16. The molecule has 25 heavy (non-hydrogen) atoms. The van der Waals surface area contributed by atoms with Gasteiger partial charge in [-0.2, -0.15) is 0 Å². The van der Waals surface area contributed by atoms with Gasteiger partial charge in [0.05, 0.1) is 19.9 Å². The van der Waals surface area contributed by atoms with Crippen LogP contribution in [-0.2, 0) is 6.54 Å². The first-order valence-electron chi connectivity index (χ1n) is 8.41. The zero-order valence-corrected chi connectivity index (χ0v) is 15.1. The number of carbonyl (C=O) groups excluding carboxylic acids is 1. The number of ether oxygens (including phenoxy) is 1. The number of hydrogen-bond acceptors (Lipinski definition) is 4. The van der Waals surface area contributed by atoms with Crippen LogP contribution in [0.4, 0.5) is 0 Å². The Hall–Kier alpha value is -2.34. The third-order valence-electron chi connectivity index (χ3n) is 4.52. The molecule has 1 aliphatic heterocycles. The minimum absolute atomic E-state index is 0.0533. The van der Waals surface area contributed by atoms with Crippen LogP contribution in [0.3, 0.4) is 0 Å². The summed E-state index contributed by atoms with van der Waals surface area (Å²) in [5, 5.41) is 3.92. The number of furan rings is 1. The van der Waals surface area contributed by atoms with Crippen molar-refractivity contribution in [1.29, 1.82) is 0 Å². The van der Waals surface area contributed by atoms with E-state index in [0.29, 0.717) is 11.7 Å². The lowest BCUT2D eigenvalue weighted by molar-refractivity contribution is 0.0872. The molecule has 1 aromatic carbocycles. The van der Waals surface area contributed by atoms with Crippen LogP contribution in [0.15, 0.2) is 47.1 Å². The van der Waals surface area contributed by atoms with E-state index in [0.717, 1.165) is 43.0 Å². The van der Waals surface area contributed by atoms with E-state index in [-0.39, 0.29) is 11.7 Å². The van der Waals surface area contributed by atoms with E-state index in [2.05, 4.69) is 10.2 Å². The number of nitrogens with one attached hydrogen (secondary N) is 1. The van der Waals surface area contributed by atoms with Crippen LogP contribution in [0, 0.1) is 5.92 Å². The highest BCUT2D eigenvalue weighted by atomic mass is 32.1. The quantitative estimate of drug-likeness (QED) is 0.654. The van der Waals surface area contributed by atoms with E-state index in [9.17, 15) is 4.79 Å². The summed E-state index contributed by atoms with van der Waals surface area (Å²) in [4.78, 5) is 14.8. The van der Waals surface area contributed by atoms with Crippen molar-refractivity contribution in [3.8, 4) is 5.75 Å². The van der Waals surface area contributed by atoms with Gasteiger partial charge in [-0.05, 0) is 61.5 Å². The van der Waals surface area contributed by atoms with Crippen molar-refractivity contribution in [3.63, 3.8) is 0 Å². The van der Waals surface area contributed by atoms with E-state index in [1.165, 1.54) is 0 Å². The first-order valence-corrected chi connectivity index (χ1v) is 8.81. The number of likely N-dealkylation sites (tertiary alicyclic amines) is 1. The first kappa shape index (κ1) is 17.5. The molecular weight excluding hydrogens is 336 g/mol. The van der Waals surface area contributed by atoms with Crippen LogP contribution >= 0.6 is 12.2 Å². The molecular formula is C19H22N2O3S. The van der Waals surface area contributed by atoms with Crippen molar-refractivity contribution in [2.24, 2.45) is 5.92 Å². The van der Waals surface area contributed by atoms with Gasteiger partial charge >= 0.3 is 0 Å². The molecule has 132 valence electrons.